The zero-order chi connectivity index (χ0) is 13.1. The molecule has 0 atom stereocenters. The fourth-order valence-corrected chi connectivity index (χ4v) is 2.69. The molecular formula is C17H12OS. The Labute approximate surface area is 115 Å². The molecule has 0 amide bonds. The summed E-state index contributed by atoms with van der Waals surface area (Å²) in [6, 6.07) is 17.8. The molecule has 0 bridgehead atoms. The number of hydrogen-bond donors (Lipinski definition) is 0. The fraction of sp³-hybridized carbons (Fsp3) is 0. The topological polar surface area (TPSA) is 17.1 Å². The lowest BCUT2D eigenvalue weighted by atomic mass is 10.0. The van der Waals surface area contributed by atoms with E-state index in [2.05, 4.69) is 0 Å². The van der Waals surface area contributed by atoms with Crippen LogP contribution in [0.5, 0.6) is 0 Å². The van der Waals surface area contributed by atoms with Crippen molar-refractivity contribution in [3.63, 3.8) is 0 Å². The number of benzene rings is 2. The van der Waals surface area contributed by atoms with Crippen LogP contribution in [0, 0.1) is 0 Å². The van der Waals surface area contributed by atoms with Gasteiger partial charge in [0.25, 0.3) is 0 Å². The van der Waals surface area contributed by atoms with E-state index in [1.165, 1.54) is 0 Å². The summed E-state index contributed by atoms with van der Waals surface area (Å²) in [4.78, 5) is 13.4. The maximum absolute atomic E-state index is 12.3. The summed E-state index contributed by atoms with van der Waals surface area (Å²) >= 11 is 1.62. The van der Waals surface area contributed by atoms with Crippen molar-refractivity contribution in [2.75, 3.05) is 0 Å². The SMILES string of the molecule is O=C(/C=C/c1cccs1)c1cccc2ccccc12. The van der Waals surface area contributed by atoms with Gasteiger partial charge in [-0.15, -0.1) is 11.3 Å². The monoisotopic (exact) mass is 264 g/mol. The zero-order valence-electron chi connectivity index (χ0n) is 10.2. The summed E-state index contributed by atoms with van der Waals surface area (Å²) in [7, 11) is 0. The van der Waals surface area contributed by atoms with Crippen molar-refractivity contribution >= 4 is 34.0 Å². The number of carbonyl (C=O) groups excluding carboxylic acids is 1. The Balaban J connectivity index is 1.98. The second-order valence-electron chi connectivity index (χ2n) is 4.24. The molecule has 0 saturated heterocycles. The van der Waals surface area contributed by atoms with Crippen LogP contribution >= 0.6 is 11.3 Å². The molecule has 1 aromatic heterocycles. The van der Waals surface area contributed by atoms with E-state index in [1.54, 1.807) is 17.4 Å². The molecule has 0 radical (unpaired) electrons. The summed E-state index contributed by atoms with van der Waals surface area (Å²) in [5.74, 6) is 0.0465. The predicted octanol–water partition coefficient (Wildman–Crippen LogP) is 4.80. The molecule has 1 nitrogen and oxygen atoms in total. The Kier molecular flexibility index (Phi) is 3.25. The van der Waals surface area contributed by atoms with Gasteiger partial charge in [-0.25, -0.2) is 0 Å². The third-order valence-electron chi connectivity index (χ3n) is 3.00. The first kappa shape index (κ1) is 11.9. The van der Waals surface area contributed by atoms with E-state index < -0.39 is 0 Å². The molecule has 92 valence electrons. The number of rotatable bonds is 3. The largest absolute Gasteiger partial charge is 0.289 e. The fourth-order valence-electron chi connectivity index (χ4n) is 2.07. The Morgan fingerprint density at radius 3 is 2.63 bits per heavy atom. The van der Waals surface area contributed by atoms with Crippen molar-refractivity contribution in [3.8, 4) is 0 Å². The molecule has 2 aromatic carbocycles. The minimum absolute atomic E-state index is 0.0465. The van der Waals surface area contributed by atoms with Crippen LogP contribution in [0.2, 0.25) is 0 Å². The average Bonchev–Trinajstić information content (AvgIpc) is 2.97. The Bertz CT molecular complexity index is 734. The lowest BCUT2D eigenvalue weighted by Crippen LogP contribution is -1.95. The van der Waals surface area contributed by atoms with Crippen LogP contribution in [0.25, 0.3) is 16.8 Å². The molecule has 0 aliphatic carbocycles. The van der Waals surface area contributed by atoms with Crippen molar-refractivity contribution in [2.24, 2.45) is 0 Å². The highest BCUT2D eigenvalue weighted by Gasteiger charge is 2.06. The highest BCUT2D eigenvalue weighted by atomic mass is 32.1. The maximum Gasteiger partial charge on any atom is 0.186 e. The normalized spacial score (nSPS) is 11.2. The molecule has 0 fully saturated rings. The summed E-state index contributed by atoms with van der Waals surface area (Å²) in [5, 5.41) is 4.10. The molecule has 0 unspecified atom stereocenters. The van der Waals surface area contributed by atoms with Gasteiger partial charge in [0.2, 0.25) is 0 Å². The third-order valence-corrected chi connectivity index (χ3v) is 3.83. The van der Waals surface area contributed by atoms with Crippen molar-refractivity contribution in [3.05, 3.63) is 76.5 Å². The van der Waals surface area contributed by atoms with Crippen LogP contribution in [0.1, 0.15) is 15.2 Å². The van der Waals surface area contributed by atoms with Gasteiger partial charge in [0.1, 0.15) is 0 Å². The summed E-state index contributed by atoms with van der Waals surface area (Å²) in [5.41, 5.74) is 0.755. The molecule has 0 aliphatic rings. The van der Waals surface area contributed by atoms with Crippen LogP contribution in [-0.2, 0) is 0 Å². The molecule has 1 heterocycles. The van der Waals surface area contributed by atoms with Crippen LogP contribution < -0.4 is 0 Å². The van der Waals surface area contributed by atoms with Gasteiger partial charge in [-0.1, -0.05) is 48.5 Å². The number of thiophene rings is 1. The van der Waals surface area contributed by atoms with Gasteiger partial charge in [-0.3, -0.25) is 4.79 Å². The summed E-state index contributed by atoms with van der Waals surface area (Å²) < 4.78 is 0. The number of fused-ring (bicyclic) bond motifs is 1. The molecule has 0 spiro atoms. The maximum atomic E-state index is 12.3. The third kappa shape index (κ3) is 2.49. The molecule has 0 N–H and O–H groups in total. The second-order valence-corrected chi connectivity index (χ2v) is 5.22. The van der Waals surface area contributed by atoms with E-state index in [0.29, 0.717) is 0 Å². The molecule has 2 heteroatoms. The van der Waals surface area contributed by atoms with Gasteiger partial charge < -0.3 is 0 Å². The summed E-state index contributed by atoms with van der Waals surface area (Å²) in [6.45, 7) is 0. The second kappa shape index (κ2) is 5.21. The lowest BCUT2D eigenvalue weighted by molar-refractivity contribution is 0.104. The number of allylic oxidation sites excluding steroid dienone is 1. The summed E-state index contributed by atoms with van der Waals surface area (Å²) in [6.07, 6.45) is 3.52. The lowest BCUT2D eigenvalue weighted by Gasteiger charge is -2.02. The highest BCUT2D eigenvalue weighted by Crippen LogP contribution is 2.20. The Morgan fingerprint density at radius 2 is 1.79 bits per heavy atom. The Morgan fingerprint density at radius 1 is 0.947 bits per heavy atom. The standard InChI is InChI=1S/C17H12OS/c18-17(11-10-14-7-4-12-19-14)16-9-3-6-13-5-1-2-8-15(13)16/h1-12H/b11-10+. The zero-order valence-corrected chi connectivity index (χ0v) is 11.1. The smallest absolute Gasteiger partial charge is 0.186 e. The minimum atomic E-state index is 0.0465. The Hall–Kier alpha value is -2.19. The predicted molar refractivity (Wildman–Crippen MR) is 81.6 cm³/mol. The van der Waals surface area contributed by atoms with Crippen molar-refractivity contribution < 1.29 is 4.79 Å². The van der Waals surface area contributed by atoms with Crippen molar-refractivity contribution in [1.29, 1.82) is 0 Å². The molecule has 19 heavy (non-hydrogen) atoms. The first-order valence-electron chi connectivity index (χ1n) is 6.08. The van der Waals surface area contributed by atoms with Gasteiger partial charge in [-0.2, -0.15) is 0 Å². The molecule has 3 aromatic rings. The van der Waals surface area contributed by atoms with Gasteiger partial charge >= 0.3 is 0 Å². The molecular weight excluding hydrogens is 252 g/mol. The molecule has 0 saturated carbocycles. The number of ketones is 1. The van der Waals surface area contributed by atoms with Crippen LogP contribution in [0.4, 0.5) is 0 Å². The van der Waals surface area contributed by atoms with Gasteiger partial charge in [0.05, 0.1) is 0 Å². The van der Waals surface area contributed by atoms with Gasteiger partial charge in [0, 0.05) is 10.4 Å². The first-order chi connectivity index (χ1) is 9.34. The first-order valence-corrected chi connectivity index (χ1v) is 6.96. The van der Waals surface area contributed by atoms with E-state index in [9.17, 15) is 4.79 Å². The van der Waals surface area contributed by atoms with E-state index >= 15 is 0 Å². The van der Waals surface area contributed by atoms with Crippen LogP contribution in [0.15, 0.2) is 66.1 Å². The van der Waals surface area contributed by atoms with Crippen LogP contribution in [0.3, 0.4) is 0 Å². The number of carbonyl (C=O) groups is 1. The minimum Gasteiger partial charge on any atom is -0.289 e. The van der Waals surface area contributed by atoms with E-state index in [1.807, 2.05) is 66.1 Å². The van der Waals surface area contributed by atoms with Gasteiger partial charge in [-0.05, 0) is 34.4 Å². The van der Waals surface area contributed by atoms with Crippen molar-refractivity contribution in [2.45, 2.75) is 0 Å². The van der Waals surface area contributed by atoms with E-state index in [4.69, 9.17) is 0 Å². The van der Waals surface area contributed by atoms with Gasteiger partial charge in [0.15, 0.2) is 5.78 Å². The molecule has 0 aliphatic heterocycles. The van der Waals surface area contributed by atoms with Crippen LogP contribution in [-0.4, -0.2) is 5.78 Å². The number of hydrogen-bond acceptors (Lipinski definition) is 2. The highest BCUT2D eigenvalue weighted by molar-refractivity contribution is 7.10. The van der Waals surface area contributed by atoms with E-state index in [0.717, 1.165) is 21.2 Å². The quantitative estimate of drug-likeness (QED) is 0.490. The van der Waals surface area contributed by atoms with E-state index in [-0.39, 0.29) is 5.78 Å². The molecule has 3 rings (SSSR count). The van der Waals surface area contributed by atoms with Crippen molar-refractivity contribution in [1.82, 2.24) is 0 Å². The average molecular weight is 264 g/mol.